The molecule has 2 rings (SSSR count). The van der Waals surface area contributed by atoms with Gasteiger partial charge in [0.2, 0.25) is 0 Å². The first-order valence-corrected chi connectivity index (χ1v) is 5.74. The van der Waals surface area contributed by atoms with E-state index in [1.807, 2.05) is 6.07 Å². The third kappa shape index (κ3) is 2.10. The van der Waals surface area contributed by atoms with Gasteiger partial charge in [-0.15, -0.1) is 0 Å². The van der Waals surface area contributed by atoms with Crippen LogP contribution in [0.5, 0.6) is 5.75 Å². The second kappa shape index (κ2) is 4.32. The Hall–Kier alpha value is -0.540. The molecule has 1 saturated heterocycles. The molecule has 1 aliphatic heterocycles. The number of benzene rings is 1. The van der Waals surface area contributed by atoms with Crippen LogP contribution in [0.1, 0.15) is 12.5 Å². The minimum atomic E-state index is 0.346. The number of halogens is 1. The van der Waals surface area contributed by atoms with Crippen molar-refractivity contribution in [2.75, 3.05) is 13.1 Å². The van der Waals surface area contributed by atoms with E-state index < -0.39 is 0 Å². The Morgan fingerprint density at radius 3 is 2.79 bits per heavy atom. The van der Waals surface area contributed by atoms with E-state index in [0.717, 1.165) is 29.7 Å². The lowest BCUT2D eigenvalue weighted by Gasteiger charge is -2.28. The number of hydrogen-bond donors (Lipinski definition) is 1. The molecule has 1 aromatic rings. The van der Waals surface area contributed by atoms with E-state index >= 15 is 0 Å². The molecular formula is C11H14BrNO. The monoisotopic (exact) mass is 255 g/mol. The summed E-state index contributed by atoms with van der Waals surface area (Å²) in [6.07, 6.45) is 1.41. The molecule has 2 nitrogen and oxygen atoms in total. The fourth-order valence-corrected chi connectivity index (χ4v) is 1.90. The zero-order chi connectivity index (χ0) is 9.97. The summed E-state index contributed by atoms with van der Waals surface area (Å²) in [5.74, 6) is 0.953. The molecule has 0 atom stereocenters. The predicted octanol–water partition coefficient (Wildman–Crippen LogP) is 2.36. The summed E-state index contributed by atoms with van der Waals surface area (Å²) in [7, 11) is 0. The Morgan fingerprint density at radius 1 is 1.50 bits per heavy atom. The second-order valence-corrected chi connectivity index (χ2v) is 4.37. The molecule has 0 bridgehead atoms. The van der Waals surface area contributed by atoms with Gasteiger partial charge < -0.3 is 10.1 Å². The molecule has 3 heteroatoms. The van der Waals surface area contributed by atoms with Gasteiger partial charge in [0.25, 0.3) is 0 Å². The van der Waals surface area contributed by atoms with Crippen LogP contribution >= 0.6 is 15.9 Å². The first kappa shape index (κ1) is 9.99. The van der Waals surface area contributed by atoms with Crippen LogP contribution in [0.4, 0.5) is 0 Å². The fraction of sp³-hybridized carbons (Fsp3) is 0.455. The number of aryl methyl sites for hydroxylation is 1. The van der Waals surface area contributed by atoms with Crippen molar-refractivity contribution in [2.45, 2.75) is 19.4 Å². The van der Waals surface area contributed by atoms with Crippen LogP contribution in [0.3, 0.4) is 0 Å². The van der Waals surface area contributed by atoms with E-state index in [2.05, 4.69) is 40.3 Å². The average Bonchev–Trinajstić information content (AvgIpc) is 2.13. The Balaban J connectivity index is 2.09. The van der Waals surface area contributed by atoms with Gasteiger partial charge in [0, 0.05) is 13.1 Å². The Bertz CT molecular complexity index is 323. The number of hydrogen-bond acceptors (Lipinski definition) is 2. The molecule has 0 unspecified atom stereocenters. The van der Waals surface area contributed by atoms with Crippen LogP contribution in [0.2, 0.25) is 0 Å². The number of nitrogens with one attached hydrogen (secondary N) is 1. The molecule has 1 N–H and O–H groups in total. The Kier molecular flexibility index (Phi) is 3.08. The topological polar surface area (TPSA) is 21.3 Å². The van der Waals surface area contributed by atoms with Gasteiger partial charge in [0.1, 0.15) is 11.9 Å². The summed E-state index contributed by atoms with van der Waals surface area (Å²) >= 11 is 3.52. The van der Waals surface area contributed by atoms with E-state index in [9.17, 15) is 0 Å². The van der Waals surface area contributed by atoms with Gasteiger partial charge in [0.15, 0.2) is 0 Å². The normalized spacial score (nSPS) is 16.4. The van der Waals surface area contributed by atoms with E-state index in [1.165, 1.54) is 5.56 Å². The molecule has 1 heterocycles. The van der Waals surface area contributed by atoms with Crippen molar-refractivity contribution < 1.29 is 4.74 Å². The van der Waals surface area contributed by atoms with Gasteiger partial charge in [-0.1, -0.05) is 13.0 Å². The standard InChI is InChI=1S/C11H14BrNO/c1-2-8-3-4-11(10(12)5-8)14-9-6-13-7-9/h3-5,9,13H,2,6-7H2,1H3. The van der Waals surface area contributed by atoms with Crippen molar-refractivity contribution in [1.29, 1.82) is 0 Å². The largest absolute Gasteiger partial charge is 0.487 e. The highest BCUT2D eigenvalue weighted by Gasteiger charge is 2.19. The van der Waals surface area contributed by atoms with Crippen LogP contribution in [0.25, 0.3) is 0 Å². The molecule has 0 saturated carbocycles. The molecule has 0 spiro atoms. The number of ether oxygens (including phenoxy) is 1. The minimum absolute atomic E-state index is 0.346. The predicted molar refractivity (Wildman–Crippen MR) is 60.8 cm³/mol. The quantitative estimate of drug-likeness (QED) is 0.896. The van der Waals surface area contributed by atoms with Gasteiger partial charge in [-0.3, -0.25) is 0 Å². The van der Waals surface area contributed by atoms with Crippen molar-refractivity contribution >= 4 is 15.9 Å². The minimum Gasteiger partial charge on any atom is -0.487 e. The van der Waals surface area contributed by atoms with Crippen LogP contribution in [-0.2, 0) is 6.42 Å². The van der Waals surface area contributed by atoms with Crippen molar-refractivity contribution in [3.63, 3.8) is 0 Å². The third-order valence-corrected chi connectivity index (χ3v) is 3.06. The molecule has 1 fully saturated rings. The Morgan fingerprint density at radius 2 is 2.29 bits per heavy atom. The third-order valence-electron chi connectivity index (χ3n) is 2.44. The molecule has 14 heavy (non-hydrogen) atoms. The van der Waals surface area contributed by atoms with Gasteiger partial charge in [0.05, 0.1) is 4.47 Å². The molecule has 0 aliphatic carbocycles. The smallest absolute Gasteiger partial charge is 0.134 e. The van der Waals surface area contributed by atoms with Crippen LogP contribution < -0.4 is 10.1 Å². The lowest BCUT2D eigenvalue weighted by atomic mass is 10.1. The Labute approximate surface area is 92.8 Å². The SMILES string of the molecule is CCc1ccc(OC2CNC2)c(Br)c1. The molecule has 1 aliphatic rings. The summed E-state index contributed by atoms with van der Waals surface area (Å²) < 4.78 is 6.83. The van der Waals surface area contributed by atoms with Crippen LogP contribution in [-0.4, -0.2) is 19.2 Å². The van der Waals surface area contributed by atoms with E-state index in [-0.39, 0.29) is 0 Å². The average molecular weight is 256 g/mol. The van der Waals surface area contributed by atoms with Gasteiger partial charge >= 0.3 is 0 Å². The van der Waals surface area contributed by atoms with Gasteiger partial charge in [-0.05, 0) is 40.0 Å². The van der Waals surface area contributed by atoms with Crippen molar-refractivity contribution in [1.82, 2.24) is 5.32 Å². The highest BCUT2D eigenvalue weighted by Crippen LogP contribution is 2.27. The second-order valence-electron chi connectivity index (χ2n) is 3.52. The lowest BCUT2D eigenvalue weighted by Crippen LogP contribution is -2.50. The fourth-order valence-electron chi connectivity index (χ4n) is 1.38. The molecule has 0 radical (unpaired) electrons. The summed E-state index contributed by atoms with van der Waals surface area (Å²) in [6, 6.07) is 6.29. The number of rotatable bonds is 3. The first-order valence-electron chi connectivity index (χ1n) is 4.95. The molecule has 1 aromatic carbocycles. The van der Waals surface area contributed by atoms with Crippen molar-refractivity contribution in [3.8, 4) is 5.75 Å². The summed E-state index contributed by atoms with van der Waals surface area (Å²) in [5, 5.41) is 3.18. The van der Waals surface area contributed by atoms with Crippen molar-refractivity contribution in [2.24, 2.45) is 0 Å². The maximum Gasteiger partial charge on any atom is 0.134 e. The van der Waals surface area contributed by atoms with E-state index in [1.54, 1.807) is 0 Å². The van der Waals surface area contributed by atoms with E-state index in [4.69, 9.17) is 4.74 Å². The van der Waals surface area contributed by atoms with E-state index in [0.29, 0.717) is 6.10 Å². The highest BCUT2D eigenvalue weighted by atomic mass is 79.9. The molecule has 0 amide bonds. The van der Waals surface area contributed by atoms with Gasteiger partial charge in [-0.25, -0.2) is 0 Å². The maximum atomic E-state index is 5.77. The molecule has 76 valence electrons. The van der Waals surface area contributed by atoms with Gasteiger partial charge in [-0.2, -0.15) is 0 Å². The zero-order valence-electron chi connectivity index (χ0n) is 8.22. The summed E-state index contributed by atoms with van der Waals surface area (Å²) in [4.78, 5) is 0. The first-order chi connectivity index (χ1) is 6.79. The van der Waals surface area contributed by atoms with Crippen LogP contribution in [0.15, 0.2) is 22.7 Å². The zero-order valence-corrected chi connectivity index (χ0v) is 9.80. The summed E-state index contributed by atoms with van der Waals surface area (Å²) in [5.41, 5.74) is 1.33. The summed E-state index contributed by atoms with van der Waals surface area (Å²) in [6.45, 7) is 4.07. The van der Waals surface area contributed by atoms with Crippen LogP contribution in [0, 0.1) is 0 Å². The highest BCUT2D eigenvalue weighted by molar-refractivity contribution is 9.10. The molecular weight excluding hydrogens is 242 g/mol. The molecule has 0 aromatic heterocycles. The van der Waals surface area contributed by atoms with Crippen molar-refractivity contribution in [3.05, 3.63) is 28.2 Å². The lowest BCUT2D eigenvalue weighted by molar-refractivity contribution is 0.141. The maximum absolute atomic E-state index is 5.77.